The number of aromatic nitrogens is 2. The summed E-state index contributed by atoms with van der Waals surface area (Å²) in [4.78, 5) is 2.53. The molecule has 2 aliphatic rings. The van der Waals surface area contributed by atoms with Crippen LogP contribution in [0.15, 0.2) is 12.4 Å². The third-order valence-electron chi connectivity index (χ3n) is 5.83. The van der Waals surface area contributed by atoms with Crippen LogP contribution in [0.4, 0.5) is 0 Å². The van der Waals surface area contributed by atoms with Crippen molar-refractivity contribution < 1.29 is 5.11 Å². The summed E-state index contributed by atoms with van der Waals surface area (Å²) >= 11 is 0. The van der Waals surface area contributed by atoms with Crippen molar-refractivity contribution >= 4 is 0 Å². The van der Waals surface area contributed by atoms with Crippen molar-refractivity contribution in [1.29, 1.82) is 0 Å². The van der Waals surface area contributed by atoms with Gasteiger partial charge in [-0.3, -0.25) is 9.58 Å². The van der Waals surface area contributed by atoms with Gasteiger partial charge >= 0.3 is 0 Å². The predicted molar refractivity (Wildman–Crippen MR) is 97.0 cm³/mol. The van der Waals surface area contributed by atoms with Gasteiger partial charge in [-0.05, 0) is 46.5 Å². The molecule has 0 amide bonds. The second-order valence-corrected chi connectivity index (χ2v) is 7.97. The maximum absolute atomic E-state index is 10.3. The fraction of sp³-hybridized carbons (Fsp3) is 0.842. The van der Waals surface area contributed by atoms with Crippen LogP contribution in [-0.4, -0.2) is 51.1 Å². The van der Waals surface area contributed by atoms with Gasteiger partial charge in [-0.1, -0.05) is 12.8 Å². The van der Waals surface area contributed by atoms with E-state index >= 15 is 0 Å². The average molecular weight is 335 g/mol. The minimum atomic E-state index is -0.107. The molecule has 2 N–H and O–H groups in total. The number of aliphatic hydroxyl groups excluding tert-OH is 1. The molecule has 1 aromatic rings. The Morgan fingerprint density at radius 3 is 2.46 bits per heavy atom. The van der Waals surface area contributed by atoms with Gasteiger partial charge in [0.05, 0.1) is 12.3 Å². The molecule has 24 heavy (non-hydrogen) atoms. The maximum atomic E-state index is 10.3. The van der Waals surface area contributed by atoms with Gasteiger partial charge in [-0.2, -0.15) is 5.10 Å². The van der Waals surface area contributed by atoms with Gasteiger partial charge in [0.1, 0.15) is 0 Å². The highest BCUT2D eigenvalue weighted by Gasteiger charge is 2.31. The van der Waals surface area contributed by atoms with Crippen LogP contribution in [0.3, 0.4) is 0 Å². The molecule has 3 atom stereocenters. The third kappa shape index (κ3) is 4.19. The number of rotatable bonds is 5. The molecule has 5 nitrogen and oxygen atoms in total. The first-order valence-corrected chi connectivity index (χ1v) is 9.77. The SMILES string of the molecule is CC(NC1CCN(C2CCCCC2O)CC1)c1cnn(C(C)C)c1. The normalized spacial score (nSPS) is 28.4. The zero-order valence-corrected chi connectivity index (χ0v) is 15.5. The van der Waals surface area contributed by atoms with E-state index in [9.17, 15) is 5.11 Å². The van der Waals surface area contributed by atoms with Gasteiger partial charge in [0.25, 0.3) is 0 Å². The Balaban J connectivity index is 1.47. The summed E-state index contributed by atoms with van der Waals surface area (Å²) in [5, 5.41) is 18.5. The van der Waals surface area contributed by atoms with E-state index in [0.29, 0.717) is 24.2 Å². The van der Waals surface area contributed by atoms with Crippen LogP contribution < -0.4 is 5.32 Å². The molecule has 0 radical (unpaired) electrons. The van der Waals surface area contributed by atoms with E-state index in [4.69, 9.17) is 0 Å². The van der Waals surface area contributed by atoms with Gasteiger partial charge < -0.3 is 10.4 Å². The number of nitrogens with one attached hydrogen (secondary N) is 1. The zero-order valence-electron chi connectivity index (χ0n) is 15.5. The summed E-state index contributed by atoms with van der Waals surface area (Å²) in [5.74, 6) is 0. The van der Waals surface area contributed by atoms with E-state index in [2.05, 4.69) is 42.3 Å². The first-order valence-electron chi connectivity index (χ1n) is 9.77. The van der Waals surface area contributed by atoms with Crippen LogP contribution in [0, 0.1) is 0 Å². The molecule has 136 valence electrons. The maximum Gasteiger partial charge on any atom is 0.0695 e. The molecule has 2 heterocycles. The molecule has 1 aromatic heterocycles. The number of likely N-dealkylation sites (tertiary alicyclic amines) is 1. The van der Waals surface area contributed by atoms with E-state index < -0.39 is 0 Å². The van der Waals surface area contributed by atoms with Crippen LogP contribution in [0.2, 0.25) is 0 Å². The van der Waals surface area contributed by atoms with E-state index in [0.717, 1.165) is 19.5 Å². The zero-order chi connectivity index (χ0) is 17.1. The summed E-state index contributed by atoms with van der Waals surface area (Å²) in [6.07, 6.45) is 11.0. The molecular formula is C19H34N4O. The minimum absolute atomic E-state index is 0.107. The molecule has 0 spiro atoms. The number of hydrogen-bond acceptors (Lipinski definition) is 4. The molecule has 1 saturated heterocycles. The summed E-state index contributed by atoms with van der Waals surface area (Å²) < 4.78 is 2.03. The number of hydrogen-bond donors (Lipinski definition) is 2. The quantitative estimate of drug-likeness (QED) is 0.869. The van der Waals surface area contributed by atoms with E-state index in [1.54, 1.807) is 0 Å². The Kier molecular flexibility index (Phi) is 5.95. The molecular weight excluding hydrogens is 300 g/mol. The number of piperidine rings is 1. The Bertz CT molecular complexity index is 507. The second-order valence-electron chi connectivity index (χ2n) is 7.97. The monoisotopic (exact) mass is 334 g/mol. The standard InChI is InChI=1S/C19H34N4O/c1-14(2)23-13-16(12-20-23)15(3)21-17-8-10-22(11-9-17)18-6-4-5-7-19(18)24/h12-15,17-19,21,24H,4-11H2,1-3H3. The molecule has 2 fully saturated rings. The highest BCUT2D eigenvalue weighted by Crippen LogP contribution is 2.26. The van der Waals surface area contributed by atoms with E-state index in [1.807, 2.05) is 10.9 Å². The molecule has 3 unspecified atom stereocenters. The van der Waals surface area contributed by atoms with Gasteiger partial charge in [0.2, 0.25) is 0 Å². The van der Waals surface area contributed by atoms with E-state index in [1.165, 1.54) is 37.7 Å². The predicted octanol–water partition coefficient (Wildman–Crippen LogP) is 2.88. The molecule has 0 bridgehead atoms. The molecule has 0 aromatic carbocycles. The lowest BCUT2D eigenvalue weighted by atomic mass is 9.89. The van der Waals surface area contributed by atoms with Gasteiger partial charge in [-0.15, -0.1) is 0 Å². The Hall–Kier alpha value is -0.910. The second kappa shape index (κ2) is 7.98. The van der Waals surface area contributed by atoms with Gasteiger partial charge in [0, 0.05) is 49.0 Å². The van der Waals surface area contributed by atoms with Gasteiger partial charge in [-0.25, -0.2) is 0 Å². The van der Waals surface area contributed by atoms with Crippen molar-refractivity contribution in [1.82, 2.24) is 20.0 Å². The fourth-order valence-electron chi connectivity index (χ4n) is 4.22. The van der Waals surface area contributed by atoms with Crippen LogP contribution in [0.1, 0.15) is 76.9 Å². The Morgan fingerprint density at radius 2 is 1.83 bits per heavy atom. The summed E-state index contributed by atoms with van der Waals surface area (Å²) in [7, 11) is 0. The lowest BCUT2D eigenvalue weighted by molar-refractivity contribution is 0.00671. The number of aliphatic hydroxyl groups is 1. The van der Waals surface area contributed by atoms with Gasteiger partial charge in [0.15, 0.2) is 0 Å². The van der Waals surface area contributed by atoms with Crippen LogP contribution in [0.25, 0.3) is 0 Å². The van der Waals surface area contributed by atoms with Crippen molar-refractivity contribution in [2.75, 3.05) is 13.1 Å². The molecule has 1 saturated carbocycles. The topological polar surface area (TPSA) is 53.3 Å². The van der Waals surface area contributed by atoms with E-state index in [-0.39, 0.29) is 6.10 Å². The van der Waals surface area contributed by atoms with Crippen molar-refractivity contribution in [3.8, 4) is 0 Å². The Labute approximate surface area is 146 Å². The molecule has 3 rings (SSSR count). The lowest BCUT2D eigenvalue weighted by Crippen LogP contribution is -2.51. The van der Waals surface area contributed by atoms with Crippen molar-refractivity contribution in [2.24, 2.45) is 0 Å². The highest BCUT2D eigenvalue weighted by molar-refractivity contribution is 5.10. The lowest BCUT2D eigenvalue weighted by Gasteiger charge is -2.42. The molecule has 1 aliphatic heterocycles. The van der Waals surface area contributed by atoms with Crippen molar-refractivity contribution in [3.63, 3.8) is 0 Å². The molecule has 1 aliphatic carbocycles. The largest absolute Gasteiger partial charge is 0.391 e. The third-order valence-corrected chi connectivity index (χ3v) is 5.83. The van der Waals surface area contributed by atoms with Crippen molar-refractivity contribution in [2.45, 2.75) is 89.6 Å². The van der Waals surface area contributed by atoms with Crippen LogP contribution in [0.5, 0.6) is 0 Å². The fourth-order valence-corrected chi connectivity index (χ4v) is 4.22. The average Bonchev–Trinajstić information content (AvgIpc) is 3.07. The first-order chi connectivity index (χ1) is 11.5. The summed E-state index contributed by atoms with van der Waals surface area (Å²) in [6, 6.07) is 1.73. The minimum Gasteiger partial charge on any atom is -0.391 e. The number of nitrogens with zero attached hydrogens (tertiary/aromatic N) is 3. The van der Waals surface area contributed by atoms with Crippen LogP contribution >= 0.6 is 0 Å². The summed E-state index contributed by atoms with van der Waals surface area (Å²) in [5.41, 5.74) is 1.27. The summed E-state index contributed by atoms with van der Waals surface area (Å²) in [6.45, 7) is 8.77. The van der Waals surface area contributed by atoms with Crippen molar-refractivity contribution in [3.05, 3.63) is 18.0 Å². The molecule has 5 heteroatoms. The van der Waals surface area contributed by atoms with Crippen LogP contribution in [-0.2, 0) is 0 Å². The first kappa shape index (κ1) is 17.9. The highest BCUT2D eigenvalue weighted by atomic mass is 16.3. The Morgan fingerprint density at radius 1 is 1.12 bits per heavy atom. The smallest absolute Gasteiger partial charge is 0.0695 e.